The number of thioether (sulfide) groups is 1. The average Bonchev–Trinajstić information content (AvgIpc) is 3.28. The van der Waals surface area contributed by atoms with Gasteiger partial charge in [0.05, 0.1) is 18.1 Å². The van der Waals surface area contributed by atoms with Crippen LogP contribution in [0.5, 0.6) is 11.5 Å². The third-order valence-electron chi connectivity index (χ3n) is 5.99. The molecule has 4 rings (SSSR count). The van der Waals surface area contributed by atoms with E-state index in [4.69, 9.17) is 9.47 Å². The molecule has 0 spiro atoms. The van der Waals surface area contributed by atoms with Crippen molar-refractivity contribution in [3.05, 3.63) is 23.8 Å². The van der Waals surface area contributed by atoms with E-state index in [1.165, 1.54) is 0 Å². The van der Waals surface area contributed by atoms with Gasteiger partial charge in [-0.2, -0.15) is 11.8 Å². The van der Waals surface area contributed by atoms with Crippen LogP contribution in [0.1, 0.15) is 51.1 Å². The van der Waals surface area contributed by atoms with Crippen molar-refractivity contribution >= 4 is 23.7 Å². The van der Waals surface area contributed by atoms with E-state index < -0.39 is 0 Å². The maximum atomic E-state index is 12.6. The second-order valence-electron chi connectivity index (χ2n) is 8.56. The summed E-state index contributed by atoms with van der Waals surface area (Å²) in [5, 5.41) is 9.64. The zero-order valence-corrected chi connectivity index (χ0v) is 18.4. The zero-order valence-electron chi connectivity index (χ0n) is 17.6. The summed E-state index contributed by atoms with van der Waals surface area (Å²) in [6.45, 7) is 5.34. The molecule has 3 aliphatic rings. The van der Waals surface area contributed by atoms with Crippen molar-refractivity contribution in [3.8, 4) is 11.5 Å². The molecular weight excluding hydrogens is 402 g/mol. The Kier molecular flexibility index (Phi) is 6.61. The summed E-state index contributed by atoms with van der Waals surface area (Å²) in [5.74, 6) is 2.83. The molecule has 1 aromatic rings. The average molecular weight is 434 g/mol. The van der Waals surface area contributed by atoms with Gasteiger partial charge in [0, 0.05) is 17.4 Å². The van der Waals surface area contributed by atoms with E-state index in [0.717, 1.165) is 42.1 Å². The van der Waals surface area contributed by atoms with E-state index in [1.807, 2.05) is 30.0 Å². The third-order valence-corrected chi connectivity index (χ3v) is 7.50. The molecule has 0 bridgehead atoms. The predicted octanol–water partition coefficient (Wildman–Crippen LogP) is 3.00. The summed E-state index contributed by atoms with van der Waals surface area (Å²) >= 11 is 1.92. The van der Waals surface area contributed by atoms with Gasteiger partial charge in [-0.3, -0.25) is 4.79 Å². The molecule has 3 aliphatic heterocycles. The molecule has 0 radical (unpaired) electrons. The summed E-state index contributed by atoms with van der Waals surface area (Å²) in [6, 6.07) is 6.31. The maximum absolute atomic E-state index is 12.6. The summed E-state index contributed by atoms with van der Waals surface area (Å²) in [7, 11) is 0. The van der Waals surface area contributed by atoms with Crippen molar-refractivity contribution in [1.29, 1.82) is 0 Å². The van der Waals surface area contributed by atoms with E-state index in [9.17, 15) is 9.59 Å². The quantitative estimate of drug-likeness (QED) is 0.433. The maximum Gasteiger partial charge on any atom is 0.315 e. The molecule has 0 aliphatic carbocycles. The van der Waals surface area contributed by atoms with Crippen LogP contribution >= 0.6 is 11.8 Å². The van der Waals surface area contributed by atoms with Crippen LogP contribution in [-0.2, 0) is 4.79 Å². The molecule has 3 heterocycles. The van der Waals surface area contributed by atoms with Gasteiger partial charge in [-0.05, 0) is 36.5 Å². The normalized spacial score (nSPS) is 25.4. The standard InChI is InChI=1S/C22H31N3O4S/c1-13(2)20(14-7-8-16-17(11-14)29-10-9-28-16)24-19(26)6-4-3-5-18-21-15(12-30-18)23-22(27)25-21/h7-8,11,13,15,18,20-21H,3-6,9-10,12H2,1-2H3,(H,24,26)(H2,23,25,27)/t15-,18-,20?,21-/m0/s1. The fraction of sp³-hybridized carbons (Fsp3) is 0.636. The minimum atomic E-state index is -0.0563. The smallest absolute Gasteiger partial charge is 0.315 e. The van der Waals surface area contributed by atoms with E-state index in [0.29, 0.717) is 24.9 Å². The highest BCUT2D eigenvalue weighted by atomic mass is 32.2. The van der Waals surface area contributed by atoms with Crippen LogP contribution in [0.25, 0.3) is 0 Å². The van der Waals surface area contributed by atoms with Crippen molar-refractivity contribution in [1.82, 2.24) is 16.0 Å². The van der Waals surface area contributed by atoms with Crippen LogP contribution in [-0.4, -0.2) is 48.2 Å². The summed E-state index contributed by atoms with van der Waals surface area (Å²) in [4.78, 5) is 24.1. The van der Waals surface area contributed by atoms with Crippen molar-refractivity contribution in [2.45, 2.75) is 62.9 Å². The van der Waals surface area contributed by atoms with Gasteiger partial charge in [-0.25, -0.2) is 4.79 Å². The number of unbranched alkanes of at least 4 members (excludes halogenated alkanes) is 1. The molecule has 1 unspecified atom stereocenters. The number of hydrogen-bond donors (Lipinski definition) is 3. The number of benzene rings is 1. The van der Waals surface area contributed by atoms with Gasteiger partial charge < -0.3 is 25.4 Å². The Balaban J connectivity index is 1.24. The van der Waals surface area contributed by atoms with Gasteiger partial charge in [-0.15, -0.1) is 0 Å². The van der Waals surface area contributed by atoms with Crippen molar-refractivity contribution in [2.75, 3.05) is 19.0 Å². The molecule has 3 N–H and O–H groups in total. The zero-order chi connectivity index (χ0) is 21.1. The highest BCUT2D eigenvalue weighted by Crippen LogP contribution is 2.35. The lowest BCUT2D eigenvalue weighted by Gasteiger charge is -2.25. The number of carbonyl (C=O) groups excluding carboxylic acids is 2. The first-order chi connectivity index (χ1) is 14.5. The van der Waals surface area contributed by atoms with Crippen LogP contribution in [0.4, 0.5) is 4.79 Å². The Hall–Kier alpha value is -2.09. The van der Waals surface area contributed by atoms with Gasteiger partial charge in [-0.1, -0.05) is 26.3 Å². The highest BCUT2D eigenvalue weighted by molar-refractivity contribution is 8.00. The van der Waals surface area contributed by atoms with Crippen molar-refractivity contribution < 1.29 is 19.1 Å². The Bertz CT molecular complexity index is 788. The van der Waals surface area contributed by atoms with E-state index in [-0.39, 0.29) is 36.0 Å². The molecule has 2 fully saturated rings. The van der Waals surface area contributed by atoms with E-state index >= 15 is 0 Å². The minimum Gasteiger partial charge on any atom is -0.486 e. The number of rotatable bonds is 8. The van der Waals surface area contributed by atoms with Gasteiger partial charge in [0.25, 0.3) is 0 Å². The van der Waals surface area contributed by atoms with Gasteiger partial charge in [0.15, 0.2) is 11.5 Å². The lowest BCUT2D eigenvalue weighted by atomic mass is 9.95. The number of ether oxygens (including phenoxy) is 2. The molecule has 4 atom stereocenters. The first-order valence-electron chi connectivity index (χ1n) is 10.9. The summed E-state index contributed by atoms with van der Waals surface area (Å²) in [6.07, 6.45) is 3.38. The summed E-state index contributed by atoms with van der Waals surface area (Å²) in [5.41, 5.74) is 1.04. The van der Waals surface area contributed by atoms with Crippen LogP contribution < -0.4 is 25.4 Å². The molecule has 3 amide bonds. The monoisotopic (exact) mass is 433 g/mol. The second-order valence-corrected chi connectivity index (χ2v) is 9.83. The number of urea groups is 1. The molecule has 8 heteroatoms. The highest BCUT2D eigenvalue weighted by Gasteiger charge is 2.42. The van der Waals surface area contributed by atoms with Crippen molar-refractivity contribution in [3.63, 3.8) is 0 Å². The van der Waals surface area contributed by atoms with Gasteiger partial charge >= 0.3 is 6.03 Å². The number of hydrogen-bond acceptors (Lipinski definition) is 5. The van der Waals surface area contributed by atoms with Crippen LogP contribution in [0, 0.1) is 5.92 Å². The topological polar surface area (TPSA) is 88.7 Å². The molecule has 7 nitrogen and oxygen atoms in total. The predicted molar refractivity (Wildman–Crippen MR) is 117 cm³/mol. The lowest BCUT2D eigenvalue weighted by molar-refractivity contribution is -0.122. The number of amides is 3. The fourth-order valence-electron chi connectivity index (χ4n) is 4.41. The summed E-state index contributed by atoms with van der Waals surface area (Å²) < 4.78 is 11.3. The molecule has 0 aromatic heterocycles. The van der Waals surface area contributed by atoms with Crippen LogP contribution in [0.15, 0.2) is 18.2 Å². The van der Waals surface area contributed by atoms with E-state index in [2.05, 4.69) is 29.8 Å². The molecule has 0 saturated carbocycles. The number of fused-ring (bicyclic) bond motifs is 2. The molecule has 30 heavy (non-hydrogen) atoms. The molecule has 1 aromatic carbocycles. The largest absolute Gasteiger partial charge is 0.486 e. The fourth-order valence-corrected chi connectivity index (χ4v) is 5.95. The van der Waals surface area contributed by atoms with E-state index in [1.54, 1.807) is 0 Å². The SMILES string of the molecule is CC(C)C(NC(=O)CCCC[C@@H]1SC[C@@H]2NC(=O)N[C@@H]21)c1ccc2c(c1)OCCO2. The lowest BCUT2D eigenvalue weighted by Crippen LogP contribution is -2.36. The van der Waals surface area contributed by atoms with Gasteiger partial charge in [0.2, 0.25) is 5.91 Å². The van der Waals surface area contributed by atoms with Crippen molar-refractivity contribution in [2.24, 2.45) is 5.92 Å². The minimum absolute atomic E-state index is 0.0476. The Morgan fingerprint density at radius 1 is 1.20 bits per heavy atom. The Morgan fingerprint density at radius 3 is 2.80 bits per heavy atom. The molecular formula is C22H31N3O4S. The second kappa shape index (κ2) is 9.37. The van der Waals surface area contributed by atoms with Crippen LogP contribution in [0.2, 0.25) is 0 Å². The van der Waals surface area contributed by atoms with Gasteiger partial charge in [0.1, 0.15) is 13.2 Å². The number of carbonyl (C=O) groups is 2. The Labute approximate surface area is 182 Å². The first-order valence-corrected chi connectivity index (χ1v) is 11.9. The molecule has 2 saturated heterocycles. The Morgan fingerprint density at radius 2 is 2.00 bits per heavy atom. The van der Waals surface area contributed by atoms with Crippen LogP contribution in [0.3, 0.4) is 0 Å². The number of nitrogens with one attached hydrogen (secondary N) is 3. The third kappa shape index (κ3) is 4.79. The molecule has 164 valence electrons. The first kappa shape index (κ1) is 21.2.